The number of benzene rings is 2. The molecule has 24 heavy (non-hydrogen) atoms. The molecule has 0 spiro atoms. The highest BCUT2D eigenvalue weighted by Crippen LogP contribution is 2.34. The number of nitrogens with one attached hydrogen (secondary N) is 1. The molecule has 1 unspecified atom stereocenters. The lowest BCUT2D eigenvalue weighted by Gasteiger charge is -2.16. The number of nitrogens with zero attached hydrogens (tertiary/aromatic N) is 1. The highest BCUT2D eigenvalue weighted by atomic mass is 35.5. The van der Waals surface area contributed by atoms with Gasteiger partial charge in [-0.3, -0.25) is 4.79 Å². The number of amides is 1. The molecule has 2 rings (SSSR count). The number of nitriles is 1. The van der Waals surface area contributed by atoms with Gasteiger partial charge in [-0.15, -0.1) is 11.6 Å². The van der Waals surface area contributed by atoms with E-state index in [4.69, 9.17) is 34.8 Å². The van der Waals surface area contributed by atoms with E-state index in [0.717, 1.165) is 11.1 Å². The Labute approximate surface area is 156 Å². The molecule has 0 heterocycles. The molecule has 0 saturated carbocycles. The maximum Gasteiger partial charge on any atom is 0.225 e. The number of aryl methyl sites for hydroxylation is 1. The number of hydrogen-bond acceptors (Lipinski definition) is 2. The third-order valence-corrected chi connectivity index (χ3v) is 4.35. The summed E-state index contributed by atoms with van der Waals surface area (Å²) < 4.78 is 0. The largest absolute Gasteiger partial charge is 0.326 e. The monoisotopic (exact) mass is 380 g/mol. The van der Waals surface area contributed by atoms with Crippen LogP contribution in [-0.2, 0) is 4.79 Å². The molecule has 6 heteroatoms. The highest BCUT2D eigenvalue weighted by Gasteiger charge is 2.19. The first kappa shape index (κ1) is 18.6. The first-order valence-electron chi connectivity index (χ1n) is 7.27. The number of carbonyl (C=O) groups excluding carboxylic acids is 1. The fourth-order valence-corrected chi connectivity index (χ4v) is 2.91. The van der Waals surface area contributed by atoms with E-state index in [-0.39, 0.29) is 18.2 Å². The summed E-state index contributed by atoms with van der Waals surface area (Å²) in [4.78, 5) is 11.7. The lowest BCUT2D eigenvalue weighted by atomic mass is 9.91. The average molecular weight is 382 g/mol. The van der Waals surface area contributed by atoms with Gasteiger partial charge in [0.2, 0.25) is 5.91 Å². The van der Waals surface area contributed by atoms with Gasteiger partial charge in [0.25, 0.3) is 0 Å². The average Bonchev–Trinajstić information content (AvgIpc) is 2.54. The van der Waals surface area contributed by atoms with Crippen molar-refractivity contribution in [3.8, 4) is 6.07 Å². The van der Waals surface area contributed by atoms with Crippen LogP contribution in [0.3, 0.4) is 0 Å². The van der Waals surface area contributed by atoms with Crippen molar-refractivity contribution in [3.63, 3.8) is 0 Å². The van der Waals surface area contributed by atoms with Crippen molar-refractivity contribution in [2.75, 3.05) is 11.2 Å². The molecule has 0 fully saturated rings. The summed E-state index contributed by atoms with van der Waals surface area (Å²) in [5.74, 6) is -0.434. The van der Waals surface area contributed by atoms with Gasteiger partial charge in [0.15, 0.2) is 0 Å². The van der Waals surface area contributed by atoms with Gasteiger partial charge in [0.1, 0.15) is 0 Å². The van der Waals surface area contributed by atoms with Crippen LogP contribution in [0.4, 0.5) is 5.69 Å². The second-order valence-corrected chi connectivity index (χ2v) is 6.51. The zero-order chi connectivity index (χ0) is 17.7. The second kappa shape index (κ2) is 8.39. The molecule has 0 bridgehead atoms. The van der Waals surface area contributed by atoms with E-state index >= 15 is 0 Å². The fraction of sp³-hybridized carbons (Fsp3) is 0.222. The summed E-state index contributed by atoms with van der Waals surface area (Å²) in [5, 5.41) is 13.4. The molecule has 0 saturated heterocycles. The number of anilines is 1. The van der Waals surface area contributed by atoms with Gasteiger partial charge in [0, 0.05) is 28.0 Å². The summed E-state index contributed by atoms with van der Waals surface area (Å²) in [6.07, 6.45) is 0.228. The Balaban J connectivity index is 2.36. The van der Waals surface area contributed by atoms with Crippen LogP contribution in [0.5, 0.6) is 0 Å². The third-order valence-electron chi connectivity index (χ3n) is 3.58. The van der Waals surface area contributed by atoms with Crippen molar-refractivity contribution >= 4 is 46.4 Å². The van der Waals surface area contributed by atoms with Crippen LogP contribution >= 0.6 is 34.8 Å². The Hall–Kier alpha value is -1.73. The Kier molecular flexibility index (Phi) is 6.51. The maximum atomic E-state index is 11.7. The number of halogens is 3. The first-order valence-corrected chi connectivity index (χ1v) is 8.56. The van der Waals surface area contributed by atoms with Crippen LogP contribution in [0, 0.1) is 18.3 Å². The van der Waals surface area contributed by atoms with Crippen molar-refractivity contribution in [2.45, 2.75) is 19.3 Å². The highest BCUT2D eigenvalue weighted by molar-refractivity contribution is 6.32. The topological polar surface area (TPSA) is 52.9 Å². The standard InChI is InChI=1S/C18H15Cl3N2O/c1-11-8-14(15(10-22)12-2-4-13(20)5-3-12)16(21)9-17(11)23-18(24)6-7-19/h2-5,8-9,15H,6-7H2,1H3,(H,23,24). The summed E-state index contributed by atoms with van der Waals surface area (Å²) in [5.41, 5.74) is 2.94. The number of rotatable bonds is 5. The molecule has 0 aliphatic heterocycles. The van der Waals surface area contributed by atoms with Crippen molar-refractivity contribution in [3.05, 3.63) is 63.1 Å². The zero-order valence-corrected chi connectivity index (χ0v) is 15.2. The number of carbonyl (C=O) groups is 1. The Morgan fingerprint density at radius 3 is 2.50 bits per heavy atom. The molecule has 1 N–H and O–H groups in total. The molecule has 0 radical (unpaired) electrons. The molecule has 3 nitrogen and oxygen atoms in total. The fourth-order valence-electron chi connectivity index (χ4n) is 2.34. The van der Waals surface area contributed by atoms with Gasteiger partial charge in [-0.05, 0) is 41.8 Å². The predicted octanol–water partition coefficient (Wildman–Crippen LogP) is 5.52. The van der Waals surface area contributed by atoms with Gasteiger partial charge in [0.05, 0.1) is 12.0 Å². The minimum Gasteiger partial charge on any atom is -0.326 e. The SMILES string of the molecule is Cc1cc(C(C#N)c2ccc(Cl)cc2)c(Cl)cc1NC(=O)CCCl. The van der Waals surface area contributed by atoms with Crippen molar-refractivity contribution < 1.29 is 4.79 Å². The molecule has 2 aromatic rings. The first-order chi connectivity index (χ1) is 11.5. The van der Waals surface area contributed by atoms with Gasteiger partial charge >= 0.3 is 0 Å². The van der Waals surface area contributed by atoms with E-state index < -0.39 is 5.92 Å². The smallest absolute Gasteiger partial charge is 0.225 e. The minimum atomic E-state index is -0.513. The van der Waals surface area contributed by atoms with Crippen LogP contribution in [0.2, 0.25) is 10.0 Å². The van der Waals surface area contributed by atoms with E-state index in [1.807, 2.05) is 13.0 Å². The predicted molar refractivity (Wildman–Crippen MR) is 99.1 cm³/mol. The van der Waals surface area contributed by atoms with Crippen molar-refractivity contribution in [1.82, 2.24) is 0 Å². The molecular formula is C18H15Cl3N2O. The van der Waals surface area contributed by atoms with Crippen molar-refractivity contribution in [1.29, 1.82) is 5.26 Å². The Morgan fingerprint density at radius 2 is 1.92 bits per heavy atom. The van der Waals surface area contributed by atoms with Crippen LogP contribution in [0.25, 0.3) is 0 Å². The molecular weight excluding hydrogens is 367 g/mol. The van der Waals surface area contributed by atoms with Gasteiger partial charge < -0.3 is 5.32 Å². The molecule has 1 atom stereocenters. The summed E-state index contributed by atoms with van der Waals surface area (Å²) in [6.45, 7) is 1.85. The maximum absolute atomic E-state index is 11.7. The summed E-state index contributed by atoms with van der Waals surface area (Å²) in [6, 6.07) is 12.8. The Morgan fingerprint density at radius 1 is 1.25 bits per heavy atom. The lowest BCUT2D eigenvalue weighted by Crippen LogP contribution is -2.13. The van der Waals surface area contributed by atoms with Crippen LogP contribution < -0.4 is 5.32 Å². The van der Waals surface area contributed by atoms with E-state index in [9.17, 15) is 10.1 Å². The zero-order valence-electron chi connectivity index (χ0n) is 12.9. The van der Waals surface area contributed by atoms with E-state index in [1.165, 1.54) is 0 Å². The molecule has 0 aromatic heterocycles. The molecule has 124 valence electrons. The molecule has 2 aromatic carbocycles. The number of hydrogen-bond donors (Lipinski definition) is 1. The summed E-state index contributed by atoms with van der Waals surface area (Å²) in [7, 11) is 0. The number of alkyl halides is 1. The van der Waals surface area contributed by atoms with Crippen molar-refractivity contribution in [2.24, 2.45) is 0 Å². The normalized spacial score (nSPS) is 11.6. The minimum absolute atomic E-state index is 0.175. The summed E-state index contributed by atoms with van der Waals surface area (Å²) >= 11 is 17.8. The second-order valence-electron chi connectivity index (χ2n) is 5.29. The van der Waals surface area contributed by atoms with Crippen LogP contribution in [0.1, 0.15) is 29.0 Å². The molecule has 1 amide bonds. The van der Waals surface area contributed by atoms with Gasteiger partial charge in [-0.2, -0.15) is 5.26 Å². The van der Waals surface area contributed by atoms with E-state index in [1.54, 1.807) is 30.3 Å². The molecule has 0 aliphatic carbocycles. The Bertz CT molecular complexity index is 782. The van der Waals surface area contributed by atoms with Gasteiger partial charge in [-0.25, -0.2) is 0 Å². The quantitative estimate of drug-likeness (QED) is 0.693. The van der Waals surface area contributed by atoms with Gasteiger partial charge in [-0.1, -0.05) is 41.4 Å². The lowest BCUT2D eigenvalue weighted by molar-refractivity contribution is -0.115. The third kappa shape index (κ3) is 4.42. The van der Waals surface area contributed by atoms with E-state index in [2.05, 4.69) is 11.4 Å². The van der Waals surface area contributed by atoms with Crippen LogP contribution in [0.15, 0.2) is 36.4 Å². The van der Waals surface area contributed by atoms with Crippen LogP contribution in [-0.4, -0.2) is 11.8 Å². The van der Waals surface area contributed by atoms with E-state index in [0.29, 0.717) is 21.3 Å². The molecule has 0 aliphatic rings.